The number of anilines is 1. The lowest BCUT2D eigenvalue weighted by atomic mass is 9.90. The van der Waals surface area contributed by atoms with Gasteiger partial charge in [-0.05, 0) is 55.3 Å². The minimum atomic E-state index is -1.82. The van der Waals surface area contributed by atoms with Gasteiger partial charge in [-0.2, -0.15) is 0 Å². The van der Waals surface area contributed by atoms with Crippen molar-refractivity contribution in [2.75, 3.05) is 44.7 Å². The largest absolute Gasteiger partial charge is 0.369 e. The maximum absolute atomic E-state index is 15.0. The Bertz CT molecular complexity index is 1460. The topological polar surface area (TPSA) is 54.6 Å². The molecule has 2 aromatic carbocycles. The summed E-state index contributed by atoms with van der Waals surface area (Å²) in [5.41, 5.74) is 7.10. The average Bonchev–Trinajstić information content (AvgIpc) is 3.30. The van der Waals surface area contributed by atoms with Gasteiger partial charge in [0.2, 0.25) is 0 Å². The van der Waals surface area contributed by atoms with Gasteiger partial charge in [0.15, 0.2) is 0 Å². The van der Waals surface area contributed by atoms with E-state index in [1.165, 1.54) is 6.07 Å². The highest BCUT2D eigenvalue weighted by molar-refractivity contribution is 6.84. The first-order valence-corrected chi connectivity index (χ1v) is 18.2. The van der Waals surface area contributed by atoms with Crippen molar-refractivity contribution in [3.63, 3.8) is 0 Å². The van der Waals surface area contributed by atoms with Gasteiger partial charge < -0.3 is 19.7 Å². The van der Waals surface area contributed by atoms with E-state index >= 15 is 4.39 Å². The molecule has 0 radical (unpaired) electrons. The molecule has 1 saturated heterocycles. The maximum Gasteiger partial charge on any atom is 0.299 e. The van der Waals surface area contributed by atoms with Crippen LogP contribution in [0.15, 0.2) is 36.4 Å². The van der Waals surface area contributed by atoms with Crippen LogP contribution in [0.4, 0.5) is 14.5 Å². The molecule has 3 heterocycles. The Morgan fingerprint density at radius 2 is 1.80 bits per heavy atom. The SMILES string of the molecule is CCCCN[C@H]1Cc2c([nH]c3c(F)cc(F)cc23)[C@H](c2ccc(N3CCN(C)CC3)cc2)N1C(=O)C#C[Si](C)(C)C. The number of aromatic nitrogens is 1. The molecule has 2 aliphatic heterocycles. The highest BCUT2D eigenvalue weighted by Crippen LogP contribution is 2.41. The number of carbonyl (C=O) groups excluding carboxylic acids is 1. The van der Waals surface area contributed by atoms with Crippen molar-refractivity contribution in [2.45, 2.75) is 58.0 Å². The fraction of sp³-hybridized carbons (Fsp3) is 0.469. The molecule has 2 aliphatic rings. The van der Waals surface area contributed by atoms with E-state index in [9.17, 15) is 9.18 Å². The number of amides is 1. The number of likely N-dealkylation sites (N-methyl/N-ethyl adjacent to an activating group) is 1. The predicted octanol–water partition coefficient (Wildman–Crippen LogP) is 5.27. The first-order chi connectivity index (χ1) is 19.6. The van der Waals surface area contributed by atoms with Crippen molar-refractivity contribution in [1.82, 2.24) is 20.1 Å². The van der Waals surface area contributed by atoms with E-state index in [0.717, 1.165) is 68.4 Å². The van der Waals surface area contributed by atoms with E-state index in [-0.39, 0.29) is 17.6 Å². The second kappa shape index (κ2) is 12.0. The van der Waals surface area contributed by atoms with Crippen molar-refractivity contribution in [2.24, 2.45) is 0 Å². The van der Waals surface area contributed by atoms with Gasteiger partial charge in [0, 0.05) is 55.4 Å². The number of rotatable bonds is 6. The standard InChI is InChI=1S/C32H41F2N5OSi/c1-6-7-13-35-28-21-26-25-19-23(33)20-27(34)30(25)36-31(26)32(39(28)29(40)12-18-41(3,4)5)22-8-10-24(11-9-22)38-16-14-37(2)15-17-38/h8-11,19-20,28,32,35-36H,6-7,13-17,21H2,1-5H3/t28-,32+/m1/s1. The normalized spacial score (nSPS) is 19.7. The van der Waals surface area contributed by atoms with Gasteiger partial charge in [-0.1, -0.05) is 45.1 Å². The van der Waals surface area contributed by atoms with Gasteiger partial charge in [-0.15, -0.1) is 5.54 Å². The fourth-order valence-corrected chi connectivity index (χ4v) is 6.28. The van der Waals surface area contributed by atoms with Crippen LogP contribution in [-0.4, -0.2) is 74.7 Å². The molecule has 0 spiro atoms. The van der Waals surface area contributed by atoms with E-state index in [0.29, 0.717) is 17.5 Å². The first-order valence-electron chi connectivity index (χ1n) is 14.7. The lowest BCUT2D eigenvalue weighted by Gasteiger charge is -2.42. The molecule has 1 aromatic heterocycles. The van der Waals surface area contributed by atoms with E-state index < -0.39 is 25.8 Å². The zero-order valence-corrected chi connectivity index (χ0v) is 25.8. The Morgan fingerprint density at radius 3 is 2.46 bits per heavy atom. The van der Waals surface area contributed by atoms with Crippen LogP contribution in [0.1, 0.15) is 42.6 Å². The number of H-pyrrole nitrogens is 1. The molecular formula is C32H41F2N5OSi. The molecule has 41 heavy (non-hydrogen) atoms. The van der Waals surface area contributed by atoms with E-state index in [2.05, 4.69) is 89.4 Å². The predicted molar refractivity (Wildman–Crippen MR) is 165 cm³/mol. The van der Waals surface area contributed by atoms with Crippen LogP contribution in [0.25, 0.3) is 10.9 Å². The van der Waals surface area contributed by atoms with Gasteiger partial charge in [0.1, 0.15) is 19.7 Å². The van der Waals surface area contributed by atoms with Gasteiger partial charge in [-0.25, -0.2) is 8.78 Å². The van der Waals surface area contributed by atoms with Gasteiger partial charge in [0.25, 0.3) is 5.91 Å². The molecule has 9 heteroatoms. The molecule has 2 atom stereocenters. The summed E-state index contributed by atoms with van der Waals surface area (Å²) in [5.74, 6) is 1.46. The highest BCUT2D eigenvalue weighted by Gasteiger charge is 2.40. The number of hydrogen-bond acceptors (Lipinski definition) is 4. The van der Waals surface area contributed by atoms with E-state index in [1.54, 1.807) is 0 Å². The minimum absolute atomic E-state index is 0.259. The van der Waals surface area contributed by atoms with Crippen molar-refractivity contribution < 1.29 is 13.6 Å². The van der Waals surface area contributed by atoms with Crippen LogP contribution in [0.2, 0.25) is 19.6 Å². The Balaban J connectivity index is 1.63. The van der Waals surface area contributed by atoms with Gasteiger partial charge in [0.05, 0.1) is 17.7 Å². The Kier molecular flexibility index (Phi) is 8.55. The summed E-state index contributed by atoms with van der Waals surface area (Å²) in [6, 6.07) is 10.1. The summed E-state index contributed by atoms with van der Waals surface area (Å²) in [6.07, 6.45) is 2.02. The summed E-state index contributed by atoms with van der Waals surface area (Å²) in [5, 5.41) is 4.10. The molecule has 0 saturated carbocycles. The Morgan fingerprint density at radius 1 is 1.10 bits per heavy atom. The van der Waals surface area contributed by atoms with Crippen molar-refractivity contribution in [3.8, 4) is 11.5 Å². The molecular weight excluding hydrogens is 536 g/mol. The minimum Gasteiger partial charge on any atom is -0.369 e. The van der Waals surface area contributed by atoms with Crippen molar-refractivity contribution in [3.05, 3.63) is 64.9 Å². The summed E-state index contributed by atoms with van der Waals surface area (Å²) in [6.45, 7) is 13.1. The summed E-state index contributed by atoms with van der Waals surface area (Å²) in [7, 11) is 0.318. The Labute approximate surface area is 243 Å². The van der Waals surface area contributed by atoms with Crippen molar-refractivity contribution >= 4 is 30.6 Å². The number of benzene rings is 2. The molecule has 6 nitrogen and oxygen atoms in total. The third-order valence-corrected chi connectivity index (χ3v) is 8.89. The molecule has 1 amide bonds. The zero-order valence-electron chi connectivity index (χ0n) is 24.8. The summed E-state index contributed by atoms with van der Waals surface area (Å²) >= 11 is 0. The number of fused-ring (bicyclic) bond motifs is 3. The number of aromatic amines is 1. The number of unbranched alkanes of at least 4 members (excludes halogenated alkanes) is 1. The zero-order chi connectivity index (χ0) is 29.3. The average molecular weight is 578 g/mol. The number of halogens is 2. The van der Waals surface area contributed by atoms with E-state index in [4.69, 9.17) is 0 Å². The van der Waals surface area contributed by atoms with Crippen LogP contribution in [-0.2, 0) is 11.2 Å². The molecule has 0 bridgehead atoms. The molecule has 0 unspecified atom stereocenters. The molecule has 218 valence electrons. The second-order valence-corrected chi connectivity index (χ2v) is 17.1. The third kappa shape index (κ3) is 6.35. The number of carbonyl (C=O) groups is 1. The highest BCUT2D eigenvalue weighted by atomic mass is 28.3. The van der Waals surface area contributed by atoms with Crippen LogP contribution < -0.4 is 10.2 Å². The lowest BCUT2D eigenvalue weighted by molar-refractivity contribution is -0.130. The van der Waals surface area contributed by atoms with E-state index in [1.807, 2.05) is 4.90 Å². The number of nitrogens with one attached hydrogen (secondary N) is 2. The monoisotopic (exact) mass is 577 g/mol. The van der Waals surface area contributed by atoms with Crippen LogP contribution >= 0.6 is 0 Å². The van der Waals surface area contributed by atoms with Crippen LogP contribution in [0, 0.1) is 23.1 Å². The first kappa shape index (κ1) is 29.3. The molecule has 2 N–H and O–H groups in total. The molecule has 3 aromatic rings. The van der Waals surface area contributed by atoms with Crippen molar-refractivity contribution in [1.29, 1.82) is 0 Å². The fourth-order valence-electron chi connectivity index (χ4n) is 5.80. The quantitative estimate of drug-likeness (QED) is 0.238. The van der Waals surface area contributed by atoms with Gasteiger partial charge >= 0.3 is 0 Å². The summed E-state index contributed by atoms with van der Waals surface area (Å²) < 4.78 is 29.4. The molecule has 1 fully saturated rings. The van der Waals surface area contributed by atoms with Gasteiger partial charge in [-0.3, -0.25) is 10.1 Å². The Hall–Kier alpha value is -3.19. The smallest absolute Gasteiger partial charge is 0.299 e. The summed E-state index contributed by atoms with van der Waals surface area (Å²) in [4.78, 5) is 23.7. The molecule has 5 rings (SSSR count). The number of hydrogen-bond donors (Lipinski definition) is 2. The third-order valence-electron chi connectivity index (χ3n) is 8.02. The number of piperazine rings is 1. The second-order valence-electron chi connectivity index (χ2n) is 12.4. The van der Waals surface area contributed by atoms with Crippen LogP contribution in [0.5, 0.6) is 0 Å². The lowest BCUT2D eigenvalue weighted by Crippen LogP contribution is -2.54. The molecule has 0 aliphatic carbocycles. The number of nitrogens with zero attached hydrogens (tertiary/aromatic N) is 3. The maximum atomic E-state index is 15.0. The van der Waals surface area contributed by atoms with Crippen LogP contribution in [0.3, 0.4) is 0 Å².